The van der Waals surface area contributed by atoms with Crippen molar-refractivity contribution in [1.29, 1.82) is 0 Å². The van der Waals surface area contributed by atoms with Gasteiger partial charge >= 0.3 is 0 Å². The van der Waals surface area contributed by atoms with Gasteiger partial charge in [0.2, 0.25) is 0 Å². The van der Waals surface area contributed by atoms with Crippen molar-refractivity contribution in [2.24, 2.45) is 5.41 Å². The summed E-state index contributed by atoms with van der Waals surface area (Å²) in [5.74, 6) is 1.04. The van der Waals surface area contributed by atoms with E-state index in [-0.39, 0.29) is 12.0 Å². The zero-order valence-electron chi connectivity index (χ0n) is 18.8. The standard InChI is InChI=1S/C26H31Cl2N3O/c1-19-6-8-21(9-7-19)16-31-20(2)29-15-23(31)17-30-12-10-26(18-32,11-13-30)14-22-4-3-5-24(27)25(22)28/h3-9,15,32H,10-14,16-18H2,1-2H3. The van der Waals surface area contributed by atoms with Crippen molar-refractivity contribution < 1.29 is 5.11 Å². The molecule has 2 heterocycles. The third-order valence-corrected chi connectivity index (χ3v) is 7.69. The van der Waals surface area contributed by atoms with Crippen LogP contribution in [0.3, 0.4) is 0 Å². The first-order chi connectivity index (χ1) is 15.4. The van der Waals surface area contributed by atoms with E-state index in [4.69, 9.17) is 23.2 Å². The molecule has 0 aliphatic carbocycles. The van der Waals surface area contributed by atoms with Crippen molar-refractivity contribution in [3.63, 3.8) is 0 Å². The second-order valence-electron chi connectivity index (χ2n) is 9.19. The molecule has 1 fully saturated rings. The third-order valence-electron chi connectivity index (χ3n) is 6.83. The first-order valence-corrected chi connectivity index (χ1v) is 12.0. The lowest BCUT2D eigenvalue weighted by molar-refractivity contribution is 0.0406. The summed E-state index contributed by atoms with van der Waals surface area (Å²) in [5.41, 5.74) is 4.67. The molecule has 4 rings (SSSR count). The van der Waals surface area contributed by atoms with E-state index in [0.29, 0.717) is 10.0 Å². The summed E-state index contributed by atoms with van der Waals surface area (Å²) in [6.45, 7) is 7.92. The second-order valence-corrected chi connectivity index (χ2v) is 9.98. The Bertz CT molecular complexity index is 1050. The molecule has 6 heteroatoms. The molecule has 170 valence electrons. The first-order valence-electron chi connectivity index (χ1n) is 11.2. The predicted octanol–water partition coefficient (Wildman–Crippen LogP) is 5.67. The molecule has 1 saturated heterocycles. The average molecular weight is 472 g/mol. The van der Waals surface area contributed by atoms with Gasteiger partial charge in [-0.3, -0.25) is 4.90 Å². The van der Waals surface area contributed by atoms with Crippen LogP contribution in [-0.2, 0) is 19.5 Å². The Balaban J connectivity index is 1.41. The molecule has 32 heavy (non-hydrogen) atoms. The van der Waals surface area contributed by atoms with Crippen LogP contribution in [0.1, 0.15) is 41.1 Å². The number of benzene rings is 2. The number of nitrogens with zero attached hydrogens (tertiary/aromatic N) is 3. The highest BCUT2D eigenvalue weighted by Gasteiger charge is 2.35. The number of aromatic nitrogens is 2. The largest absolute Gasteiger partial charge is 0.396 e. The van der Waals surface area contributed by atoms with Gasteiger partial charge in [0.15, 0.2) is 0 Å². The molecule has 1 aromatic heterocycles. The fourth-order valence-corrected chi connectivity index (χ4v) is 5.01. The number of rotatable bonds is 7. The number of hydrogen-bond donors (Lipinski definition) is 1. The highest BCUT2D eigenvalue weighted by atomic mass is 35.5. The molecule has 4 nitrogen and oxygen atoms in total. The van der Waals surface area contributed by atoms with E-state index in [1.165, 1.54) is 16.8 Å². The van der Waals surface area contributed by atoms with Gasteiger partial charge in [-0.1, -0.05) is 65.2 Å². The summed E-state index contributed by atoms with van der Waals surface area (Å²) in [6.07, 6.45) is 4.61. The van der Waals surface area contributed by atoms with Crippen LogP contribution in [0.5, 0.6) is 0 Å². The number of imidazole rings is 1. The van der Waals surface area contributed by atoms with Crippen LogP contribution in [0, 0.1) is 19.3 Å². The average Bonchev–Trinajstić information content (AvgIpc) is 3.13. The predicted molar refractivity (Wildman–Crippen MR) is 131 cm³/mol. The summed E-state index contributed by atoms with van der Waals surface area (Å²) >= 11 is 12.6. The van der Waals surface area contributed by atoms with E-state index >= 15 is 0 Å². The van der Waals surface area contributed by atoms with E-state index in [2.05, 4.69) is 52.6 Å². The molecular weight excluding hydrogens is 441 g/mol. The Morgan fingerprint density at radius 2 is 1.72 bits per heavy atom. The Morgan fingerprint density at radius 3 is 2.41 bits per heavy atom. The molecule has 1 aliphatic rings. The van der Waals surface area contributed by atoms with Crippen molar-refractivity contribution in [3.8, 4) is 0 Å². The van der Waals surface area contributed by atoms with E-state index in [1.54, 1.807) is 0 Å². The molecule has 1 aliphatic heterocycles. The van der Waals surface area contributed by atoms with Gasteiger partial charge in [0, 0.05) is 25.9 Å². The van der Waals surface area contributed by atoms with E-state index in [9.17, 15) is 5.11 Å². The minimum atomic E-state index is -0.150. The van der Waals surface area contributed by atoms with Crippen molar-refractivity contribution in [3.05, 3.63) is 86.9 Å². The van der Waals surface area contributed by atoms with Gasteiger partial charge in [-0.2, -0.15) is 0 Å². The molecule has 0 unspecified atom stereocenters. The number of halogens is 2. The molecule has 0 saturated carbocycles. The molecule has 3 aromatic rings. The lowest BCUT2D eigenvalue weighted by Gasteiger charge is -2.41. The summed E-state index contributed by atoms with van der Waals surface area (Å²) in [6, 6.07) is 14.5. The second kappa shape index (κ2) is 9.96. The van der Waals surface area contributed by atoms with Crippen LogP contribution in [0.2, 0.25) is 10.0 Å². The lowest BCUT2D eigenvalue weighted by atomic mass is 9.74. The molecule has 1 N–H and O–H groups in total. The van der Waals surface area contributed by atoms with Gasteiger partial charge in [0.05, 0.1) is 15.7 Å². The Kier molecular flexibility index (Phi) is 7.26. The van der Waals surface area contributed by atoms with Crippen molar-refractivity contribution in [2.45, 2.75) is 46.2 Å². The van der Waals surface area contributed by atoms with Crippen LogP contribution in [0.25, 0.3) is 0 Å². The molecular formula is C26H31Cl2N3O. The minimum Gasteiger partial charge on any atom is -0.396 e. The SMILES string of the molecule is Cc1ccc(Cn2c(CN3CCC(CO)(Cc4cccc(Cl)c4Cl)CC3)cnc2C)cc1. The van der Waals surface area contributed by atoms with Gasteiger partial charge in [0.25, 0.3) is 0 Å². The maximum Gasteiger partial charge on any atom is 0.106 e. The highest BCUT2D eigenvalue weighted by Crippen LogP contribution is 2.38. The van der Waals surface area contributed by atoms with Gasteiger partial charge in [-0.15, -0.1) is 0 Å². The monoisotopic (exact) mass is 471 g/mol. The van der Waals surface area contributed by atoms with Gasteiger partial charge in [-0.05, 0) is 68.8 Å². The van der Waals surface area contributed by atoms with Crippen molar-refractivity contribution >= 4 is 23.2 Å². The lowest BCUT2D eigenvalue weighted by Crippen LogP contribution is -2.43. The van der Waals surface area contributed by atoms with Crippen LogP contribution >= 0.6 is 23.2 Å². The highest BCUT2D eigenvalue weighted by molar-refractivity contribution is 6.42. The van der Waals surface area contributed by atoms with E-state index in [1.807, 2.05) is 24.4 Å². The molecule has 0 spiro atoms. The Labute approximate surface area is 200 Å². The van der Waals surface area contributed by atoms with E-state index in [0.717, 1.165) is 56.8 Å². The zero-order valence-corrected chi connectivity index (χ0v) is 20.3. The zero-order chi connectivity index (χ0) is 22.7. The van der Waals surface area contributed by atoms with Crippen LogP contribution in [0.15, 0.2) is 48.7 Å². The van der Waals surface area contributed by atoms with E-state index < -0.39 is 0 Å². The number of aryl methyl sites for hydroxylation is 2. The smallest absolute Gasteiger partial charge is 0.106 e. The summed E-state index contributed by atoms with van der Waals surface area (Å²) in [4.78, 5) is 7.05. The fraction of sp³-hybridized carbons (Fsp3) is 0.423. The first kappa shape index (κ1) is 23.3. The van der Waals surface area contributed by atoms with Crippen molar-refractivity contribution in [1.82, 2.24) is 14.5 Å². The van der Waals surface area contributed by atoms with Gasteiger partial charge in [0.1, 0.15) is 5.82 Å². The summed E-state index contributed by atoms with van der Waals surface area (Å²) < 4.78 is 2.31. The summed E-state index contributed by atoms with van der Waals surface area (Å²) in [7, 11) is 0. The molecule has 0 amide bonds. The summed E-state index contributed by atoms with van der Waals surface area (Å²) in [5, 5.41) is 11.4. The maximum absolute atomic E-state index is 10.3. The number of piperidine rings is 1. The third kappa shape index (κ3) is 5.20. The Morgan fingerprint density at radius 1 is 1.00 bits per heavy atom. The quantitative estimate of drug-likeness (QED) is 0.482. The fourth-order valence-electron chi connectivity index (χ4n) is 4.63. The number of aliphatic hydroxyl groups excluding tert-OH is 1. The van der Waals surface area contributed by atoms with Gasteiger partial charge < -0.3 is 9.67 Å². The van der Waals surface area contributed by atoms with Crippen LogP contribution in [-0.4, -0.2) is 39.3 Å². The van der Waals surface area contributed by atoms with Crippen LogP contribution < -0.4 is 0 Å². The Hall–Kier alpha value is -1.85. The molecule has 2 aromatic carbocycles. The maximum atomic E-state index is 10.3. The number of likely N-dealkylation sites (tertiary alicyclic amines) is 1. The molecule has 0 bridgehead atoms. The number of hydrogen-bond acceptors (Lipinski definition) is 3. The number of aliphatic hydroxyl groups is 1. The molecule has 0 radical (unpaired) electrons. The normalized spacial score (nSPS) is 16.4. The van der Waals surface area contributed by atoms with Crippen LogP contribution in [0.4, 0.5) is 0 Å². The van der Waals surface area contributed by atoms with Gasteiger partial charge in [-0.25, -0.2) is 4.98 Å². The van der Waals surface area contributed by atoms with Crippen molar-refractivity contribution in [2.75, 3.05) is 19.7 Å². The minimum absolute atomic E-state index is 0.150. The topological polar surface area (TPSA) is 41.3 Å². The molecule has 0 atom stereocenters.